The predicted octanol–water partition coefficient (Wildman–Crippen LogP) is 2.69. The Bertz CT molecular complexity index is 748. The zero-order chi connectivity index (χ0) is 20.0. The molecule has 2 aliphatic rings. The van der Waals surface area contributed by atoms with Crippen LogP contribution in [-0.4, -0.2) is 51.0 Å². The van der Waals surface area contributed by atoms with Crippen molar-refractivity contribution in [2.75, 3.05) is 26.2 Å². The summed E-state index contributed by atoms with van der Waals surface area (Å²) in [7, 11) is -3.72. The van der Waals surface area contributed by atoms with E-state index >= 15 is 0 Å². The van der Waals surface area contributed by atoms with Gasteiger partial charge in [0.25, 0.3) is 0 Å². The Hall–Kier alpha value is -1.51. The molecule has 1 aliphatic heterocycles. The van der Waals surface area contributed by atoms with E-state index in [1.165, 1.54) is 29.3 Å². The van der Waals surface area contributed by atoms with Gasteiger partial charge in [-0.2, -0.15) is 4.31 Å². The molecule has 6 nitrogen and oxygen atoms in total. The Morgan fingerprint density at radius 1 is 1.14 bits per heavy atom. The van der Waals surface area contributed by atoms with Gasteiger partial charge >= 0.3 is 0 Å². The van der Waals surface area contributed by atoms with Gasteiger partial charge in [0.1, 0.15) is 5.82 Å². The number of hydrogen-bond donors (Lipinski definition) is 1. The van der Waals surface area contributed by atoms with Crippen LogP contribution in [0.15, 0.2) is 29.2 Å². The van der Waals surface area contributed by atoms with Crippen molar-refractivity contribution in [3.63, 3.8) is 0 Å². The number of nitrogens with one attached hydrogen (secondary N) is 1. The summed E-state index contributed by atoms with van der Waals surface area (Å²) in [6.45, 7) is 1.70. The summed E-state index contributed by atoms with van der Waals surface area (Å²) in [6, 6.07) is 4.79. The molecule has 156 valence electrons. The highest BCUT2D eigenvalue weighted by Crippen LogP contribution is 2.24. The van der Waals surface area contributed by atoms with E-state index in [1.54, 1.807) is 0 Å². The van der Waals surface area contributed by atoms with Gasteiger partial charge in [-0.15, -0.1) is 0 Å². The highest BCUT2D eigenvalue weighted by Gasteiger charge is 2.33. The first-order valence-corrected chi connectivity index (χ1v) is 11.6. The molecule has 0 bridgehead atoms. The Labute approximate surface area is 166 Å². The first kappa shape index (κ1) is 21.2. The molecule has 1 saturated heterocycles. The van der Waals surface area contributed by atoms with Crippen LogP contribution >= 0.6 is 0 Å². The fraction of sp³-hybridized carbons (Fsp3) is 0.650. The summed E-state index contributed by atoms with van der Waals surface area (Å²) in [5.41, 5.74) is 0. The zero-order valence-corrected chi connectivity index (χ0v) is 16.9. The maximum atomic E-state index is 13.1. The lowest BCUT2D eigenvalue weighted by Gasteiger charge is -2.31. The van der Waals surface area contributed by atoms with E-state index in [2.05, 4.69) is 5.32 Å². The van der Waals surface area contributed by atoms with Crippen molar-refractivity contribution in [1.29, 1.82) is 0 Å². The number of carbonyl (C=O) groups excluding carboxylic acids is 1. The third-order valence-corrected chi connectivity index (χ3v) is 7.36. The molecule has 1 amide bonds. The Morgan fingerprint density at radius 3 is 2.57 bits per heavy atom. The largest absolute Gasteiger partial charge is 0.378 e. The van der Waals surface area contributed by atoms with Crippen molar-refractivity contribution in [3.8, 4) is 0 Å². The third-order valence-electron chi connectivity index (χ3n) is 5.48. The lowest BCUT2D eigenvalue weighted by Crippen LogP contribution is -2.45. The molecule has 1 aliphatic carbocycles. The average molecular weight is 413 g/mol. The lowest BCUT2D eigenvalue weighted by atomic mass is 9.99. The van der Waals surface area contributed by atoms with Gasteiger partial charge in [-0.25, -0.2) is 12.8 Å². The number of amides is 1. The van der Waals surface area contributed by atoms with E-state index in [1.807, 2.05) is 0 Å². The fourth-order valence-electron chi connectivity index (χ4n) is 3.86. The smallest absolute Gasteiger partial charge is 0.243 e. The van der Waals surface area contributed by atoms with Crippen LogP contribution in [0.3, 0.4) is 0 Å². The second-order valence-electron chi connectivity index (χ2n) is 7.58. The molecule has 0 aromatic heterocycles. The number of nitrogens with zero attached hydrogens (tertiary/aromatic N) is 1. The standard InChI is InChI=1S/C20H29FN2O4S/c21-17-8-10-19(11-9-17)28(25,26)23-13-3-5-16(15-23)20(24)22-12-4-14-27-18-6-1-2-7-18/h8-11,16,18H,1-7,12-15H2,(H,22,24)/t16-/m0/s1. The van der Waals surface area contributed by atoms with E-state index < -0.39 is 15.8 Å². The van der Waals surface area contributed by atoms with Gasteiger partial charge in [0, 0.05) is 26.2 Å². The van der Waals surface area contributed by atoms with Crippen molar-refractivity contribution in [3.05, 3.63) is 30.1 Å². The predicted molar refractivity (Wildman–Crippen MR) is 104 cm³/mol. The van der Waals surface area contributed by atoms with E-state index in [-0.39, 0.29) is 23.3 Å². The van der Waals surface area contributed by atoms with Crippen LogP contribution < -0.4 is 5.32 Å². The van der Waals surface area contributed by atoms with Gasteiger partial charge in [0.15, 0.2) is 0 Å². The van der Waals surface area contributed by atoms with Gasteiger partial charge in [0.05, 0.1) is 16.9 Å². The van der Waals surface area contributed by atoms with Crippen LogP contribution in [0, 0.1) is 11.7 Å². The summed E-state index contributed by atoms with van der Waals surface area (Å²) in [4.78, 5) is 12.5. The number of benzene rings is 1. The Kier molecular flexibility index (Phi) is 7.42. The first-order valence-electron chi connectivity index (χ1n) is 10.1. The molecule has 1 atom stereocenters. The van der Waals surface area contributed by atoms with E-state index in [0.717, 1.165) is 31.4 Å². The van der Waals surface area contributed by atoms with Gasteiger partial charge in [-0.05, 0) is 56.4 Å². The molecule has 8 heteroatoms. The van der Waals surface area contributed by atoms with Gasteiger partial charge in [-0.1, -0.05) is 12.8 Å². The molecule has 1 N–H and O–H groups in total. The van der Waals surface area contributed by atoms with Crippen LogP contribution in [0.1, 0.15) is 44.9 Å². The van der Waals surface area contributed by atoms with E-state index in [9.17, 15) is 17.6 Å². The normalized spacial score (nSPS) is 21.7. The quantitative estimate of drug-likeness (QED) is 0.666. The SMILES string of the molecule is O=C(NCCCOC1CCCC1)[C@H]1CCCN(S(=O)(=O)c2ccc(F)cc2)C1. The third kappa shape index (κ3) is 5.52. The Morgan fingerprint density at radius 2 is 1.86 bits per heavy atom. The second kappa shape index (κ2) is 9.80. The monoisotopic (exact) mass is 412 g/mol. The summed E-state index contributed by atoms with van der Waals surface area (Å²) < 4.78 is 45.7. The fourth-order valence-corrected chi connectivity index (χ4v) is 5.39. The topological polar surface area (TPSA) is 75.7 Å². The molecule has 2 fully saturated rings. The van der Waals surface area contributed by atoms with Gasteiger partial charge in [-0.3, -0.25) is 4.79 Å². The summed E-state index contributed by atoms with van der Waals surface area (Å²) >= 11 is 0. The maximum Gasteiger partial charge on any atom is 0.243 e. The Balaban J connectivity index is 1.45. The number of hydrogen-bond acceptors (Lipinski definition) is 4. The second-order valence-corrected chi connectivity index (χ2v) is 9.52. The number of piperidine rings is 1. The molecular weight excluding hydrogens is 383 g/mol. The first-order chi connectivity index (χ1) is 13.5. The molecule has 0 unspecified atom stereocenters. The number of carbonyl (C=O) groups is 1. The number of sulfonamides is 1. The van der Waals surface area contributed by atoms with Crippen molar-refractivity contribution < 1.29 is 22.3 Å². The van der Waals surface area contributed by atoms with Crippen LogP contribution in [-0.2, 0) is 19.6 Å². The summed E-state index contributed by atoms with van der Waals surface area (Å²) in [5, 5.41) is 2.91. The highest BCUT2D eigenvalue weighted by atomic mass is 32.2. The minimum absolute atomic E-state index is 0.0546. The molecule has 1 aromatic carbocycles. The molecule has 0 radical (unpaired) electrons. The zero-order valence-electron chi connectivity index (χ0n) is 16.1. The molecular formula is C20H29FN2O4S. The number of ether oxygens (including phenoxy) is 1. The van der Waals surface area contributed by atoms with Crippen molar-refractivity contribution >= 4 is 15.9 Å². The molecule has 28 heavy (non-hydrogen) atoms. The van der Waals surface area contributed by atoms with Gasteiger partial charge in [0.2, 0.25) is 15.9 Å². The summed E-state index contributed by atoms with van der Waals surface area (Å²) in [5.74, 6) is -0.952. The number of halogens is 1. The molecule has 1 aromatic rings. The van der Waals surface area contributed by atoms with Crippen molar-refractivity contribution in [2.24, 2.45) is 5.92 Å². The van der Waals surface area contributed by atoms with Crippen LogP contribution in [0.5, 0.6) is 0 Å². The van der Waals surface area contributed by atoms with E-state index in [4.69, 9.17) is 4.74 Å². The van der Waals surface area contributed by atoms with Gasteiger partial charge < -0.3 is 10.1 Å². The number of rotatable bonds is 8. The van der Waals surface area contributed by atoms with Crippen LogP contribution in [0.25, 0.3) is 0 Å². The highest BCUT2D eigenvalue weighted by molar-refractivity contribution is 7.89. The van der Waals surface area contributed by atoms with Crippen molar-refractivity contribution in [2.45, 2.75) is 55.9 Å². The van der Waals surface area contributed by atoms with Crippen molar-refractivity contribution in [1.82, 2.24) is 9.62 Å². The minimum Gasteiger partial charge on any atom is -0.378 e. The minimum atomic E-state index is -3.72. The molecule has 3 rings (SSSR count). The maximum absolute atomic E-state index is 13.1. The van der Waals surface area contributed by atoms with Crippen LogP contribution in [0.2, 0.25) is 0 Å². The lowest BCUT2D eigenvalue weighted by molar-refractivity contribution is -0.126. The molecule has 1 heterocycles. The van der Waals surface area contributed by atoms with Crippen LogP contribution in [0.4, 0.5) is 4.39 Å². The average Bonchev–Trinajstić information content (AvgIpc) is 3.21. The molecule has 0 spiro atoms. The summed E-state index contributed by atoms with van der Waals surface area (Å²) in [6.07, 6.45) is 7.16. The van der Waals surface area contributed by atoms with E-state index in [0.29, 0.717) is 38.6 Å². The molecule has 1 saturated carbocycles.